The van der Waals surface area contributed by atoms with Gasteiger partial charge in [0.2, 0.25) is 0 Å². The number of fused-ring (bicyclic) bond motifs is 2. The predicted molar refractivity (Wildman–Crippen MR) is 151 cm³/mol. The third-order valence-corrected chi connectivity index (χ3v) is 8.61. The molecule has 1 aliphatic carbocycles. The molecule has 1 amide bonds. The number of allylic oxidation sites excluding steroid dienone is 1. The van der Waals surface area contributed by atoms with Gasteiger partial charge in [0.05, 0.1) is 16.8 Å². The van der Waals surface area contributed by atoms with E-state index < -0.39 is 5.97 Å². The first kappa shape index (κ1) is 25.7. The molecule has 2 aliphatic rings. The molecule has 0 bridgehead atoms. The highest BCUT2D eigenvalue weighted by atomic mass is 32.1. The number of aromatic nitrogens is 1. The van der Waals surface area contributed by atoms with Crippen LogP contribution < -0.4 is 0 Å². The fourth-order valence-corrected chi connectivity index (χ4v) is 6.21. The SMILES string of the molecule is CC(C)(C)[C@@H]1C/C(=C/c2cccs2)c2nc3ccccc3c(C(=O)OCC(=O)N3CCCCCC3)c2C1. The lowest BCUT2D eigenvalue weighted by Crippen LogP contribution is -2.35. The van der Waals surface area contributed by atoms with Gasteiger partial charge in [0.15, 0.2) is 6.61 Å². The molecule has 37 heavy (non-hydrogen) atoms. The second kappa shape index (κ2) is 10.8. The Bertz CT molecular complexity index is 1310. The molecule has 1 aromatic carbocycles. The Hall–Kier alpha value is -2.99. The average Bonchev–Trinajstić information content (AvgIpc) is 3.23. The number of thiophene rings is 1. The van der Waals surface area contributed by atoms with Crippen LogP contribution in [0.15, 0.2) is 41.8 Å². The van der Waals surface area contributed by atoms with Crippen LogP contribution in [0.25, 0.3) is 22.6 Å². The van der Waals surface area contributed by atoms with Gasteiger partial charge in [-0.05, 0) is 71.7 Å². The lowest BCUT2D eigenvalue weighted by Gasteiger charge is -2.36. The number of benzene rings is 1. The number of nitrogens with zero attached hydrogens (tertiary/aromatic N) is 2. The van der Waals surface area contributed by atoms with Crippen molar-refractivity contribution in [2.45, 2.75) is 59.3 Å². The highest BCUT2D eigenvalue weighted by Gasteiger charge is 2.35. The van der Waals surface area contributed by atoms with Crippen molar-refractivity contribution >= 4 is 45.8 Å². The predicted octanol–water partition coefficient (Wildman–Crippen LogP) is 7.00. The van der Waals surface area contributed by atoms with Crippen LogP contribution >= 0.6 is 11.3 Å². The number of esters is 1. The highest BCUT2D eigenvalue weighted by Crippen LogP contribution is 2.45. The fourth-order valence-electron chi connectivity index (χ4n) is 5.53. The molecule has 2 aromatic heterocycles. The van der Waals surface area contributed by atoms with Crippen LogP contribution in [-0.2, 0) is 16.0 Å². The molecule has 5 rings (SSSR count). The molecule has 0 radical (unpaired) electrons. The van der Waals surface area contributed by atoms with E-state index in [1.165, 1.54) is 4.88 Å². The zero-order valence-electron chi connectivity index (χ0n) is 22.1. The minimum atomic E-state index is -0.428. The van der Waals surface area contributed by atoms with Gasteiger partial charge in [0, 0.05) is 23.4 Å². The summed E-state index contributed by atoms with van der Waals surface area (Å²) in [5.41, 5.74) is 4.39. The van der Waals surface area contributed by atoms with Crippen LogP contribution in [0.4, 0.5) is 0 Å². The van der Waals surface area contributed by atoms with Gasteiger partial charge in [-0.1, -0.05) is 57.9 Å². The Morgan fingerprint density at radius 1 is 1.05 bits per heavy atom. The fraction of sp³-hybridized carbons (Fsp3) is 0.452. The second-order valence-corrected chi connectivity index (χ2v) is 12.3. The van der Waals surface area contributed by atoms with E-state index >= 15 is 0 Å². The summed E-state index contributed by atoms with van der Waals surface area (Å²) in [5.74, 6) is -0.184. The second-order valence-electron chi connectivity index (χ2n) is 11.4. The average molecular weight is 517 g/mol. The molecule has 1 saturated heterocycles. The smallest absolute Gasteiger partial charge is 0.339 e. The quantitative estimate of drug-likeness (QED) is 0.350. The van der Waals surface area contributed by atoms with Crippen molar-refractivity contribution in [1.82, 2.24) is 9.88 Å². The molecule has 1 fully saturated rings. The lowest BCUT2D eigenvalue weighted by atomic mass is 9.69. The van der Waals surface area contributed by atoms with Crippen molar-refractivity contribution in [2.75, 3.05) is 19.7 Å². The molecule has 0 unspecified atom stereocenters. The molecule has 1 aliphatic heterocycles. The molecule has 194 valence electrons. The molecule has 5 nitrogen and oxygen atoms in total. The summed E-state index contributed by atoms with van der Waals surface area (Å²) in [6.45, 7) is 8.06. The summed E-state index contributed by atoms with van der Waals surface area (Å²) in [6, 6.07) is 11.9. The Labute approximate surface area is 223 Å². The van der Waals surface area contributed by atoms with E-state index in [4.69, 9.17) is 9.72 Å². The molecule has 3 aromatic rings. The third-order valence-electron chi connectivity index (χ3n) is 7.79. The zero-order valence-corrected chi connectivity index (χ0v) is 22.9. The van der Waals surface area contributed by atoms with Crippen LogP contribution in [0.2, 0.25) is 0 Å². The minimum Gasteiger partial charge on any atom is -0.452 e. The van der Waals surface area contributed by atoms with Gasteiger partial charge in [0.25, 0.3) is 5.91 Å². The van der Waals surface area contributed by atoms with Gasteiger partial charge >= 0.3 is 5.97 Å². The van der Waals surface area contributed by atoms with E-state index in [1.54, 1.807) is 11.3 Å². The minimum absolute atomic E-state index is 0.0573. The number of para-hydroxylation sites is 1. The van der Waals surface area contributed by atoms with Crippen LogP contribution in [0, 0.1) is 11.3 Å². The Morgan fingerprint density at radius 3 is 2.51 bits per heavy atom. The molecule has 0 spiro atoms. The lowest BCUT2D eigenvalue weighted by molar-refractivity contribution is -0.134. The van der Waals surface area contributed by atoms with Gasteiger partial charge in [-0.25, -0.2) is 9.78 Å². The number of carbonyl (C=O) groups is 2. The molecular weight excluding hydrogens is 480 g/mol. The molecular formula is C31H36N2O3S. The normalized spacial score (nSPS) is 19.5. The largest absolute Gasteiger partial charge is 0.452 e. The monoisotopic (exact) mass is 516 g/mol. The van der Waals surface area contributed by atoms with Gasteiger partial charge in [0.1, 0.15) is 0 Å². The number of hydrogen-bond donors (Lipinski definition) is 0. The van der Waals surface area contributed by atoms with Crippen molar-refractivity contribution in [3.05, 3.63) is 63.5 Å². The highest BCUT2D eigenvalue weighted by molar-refractivity contribution is 7.10. The summed E-state index contributed by atoms with van der Waals surface area (Å²) < 4.78 is 5.74. The van der Waals surface area contributed by atoms with Crippen molar-refractivity contribution < 1.29 is 14.3 Å². The summed E-state index contributed by atoms with van der Waals surface area (Å²) in [4.78, 5) is 34.7. The first-order valence-corrected chi connectivity index (χ1v) is 14.3. The number of ether oxygens (including phenoxy) is 1. The number of amides is 1. The van der Waals surface area contributed by atoms with Crippen LogP contribution in [-0.4, -0.2) is 41.5 Å². The van der Waals surface area contributed by atoms with E-state index in [9.17, 15) is 9.59 Å². The Kier molecular flexibility index (Phi) is 7.47. The number of rotatable bonds is 4. The molecule has 3 heterocycles. The van der Waals surface area contributed by atoms with E-state index in [1.807, 2.05) is 29.2 Å². The standard InChI is InChI=1S/C31H36N2O3S/c1-31(2,3)22-17-21(18-23-11-10-16-37-23)29-25(19-22)28(24-12-6-7-13-26(24)32-29)30(35)36-20-27(34)33-14-8-4-5-9-15-33/h6-7,10-13,16,18,22H,4-5,8-9,14-15,17,19-20H2,1-3H3/b21-18-/t22-/m1/s1. The van der Waals surface area contributed by atoms with E-state index in [2.05, 4.69) is 44.4 Å². The first-order chi connectivity index (χ1) is 17.8. The summed E-state index contributed by atoms with van der Waals surface area (Å²) in [5, 5.41) is 2.87. The van der Waals surface area contributed by atoms with Crippen molar-refractivity contribution in [3.8, 4) is 0 Å². The topological polar surface area (TPSA) is 59.5 Å². The van der Waals surface area contributed by atoms with Crippen molar-refractivity contribution in [2.24, 2.45) is 11.3 Å². The third kappa shape index (κ3) is 5.64. The van der Waals surface area contributed by atoms with Crippen LogP contribution in [0.1, 0.15) is 79.4 Å². The molecule has 6 heteroatoms. The maximum Gasteiger partial charge on any atom is 0.339 e. The van der Waals surface area contributed by atoms with Crippen LogP contribution in [0.3, 0.4) is 0 Å². The maximum absolute atomic E-state index is 13.7. The number of hydrogen-bond acceptors (Lipinski definition) is 5. The molecule has 1 atom stereocenters. The van der Waals surface area contributed by atoms with Crippen molar-refractivity contribution in [1.29, 1.82) is 0 Å². The first-order valence-electron chi connectivity index (χ1n) is 13.4. The van der Waals surface area contributed by atoms with Gasteiger partial charge in [-0.2, -0.15) is 0 Å². The molecule has 0 saturated carbocycles. The molecule has 0 N–H and O–H groups in total. The van der Waals surface area contributed by atoms with Crippen LogP contribution in [0.5, 0.6) is 0 Å². The number of pyridine rings is 1. The maximum atomic E-state index is 13.7. The van der Waals surface area contributed by atoms with E-state index in [0.717, 1.165) is 79.3 Å². The summed E-state index contributed by atoms with van der Waals surface area (Å²) in [7, 11) is 0. The van der Waals surface area contributed by atoms with Gasteiger partial charge in [-0.3, -0.25) is 4.79 Å². The Balaban J connectivity index is 1.54. The number of likely N-dealkylation sites (tertiary alicyclic amines) is 1. The Morgan fingerprint density at radius 2 is 1.81 bits per heavy atom. The zero-order chi connectivity index (χ0) is 26.0. The van der Waals surface area contributed by atoms with Gasteiger partial charge in [-0.15, -0.1) is 11.3 Å². The van der Waals surface area contributed by atoms with Gasteiger partial charge < -0.3 is 9.64 Å². The van der Waals surface area contributed by atoms with Crippen molar-refractivity contribution in [3.63, 3.8) is 0 Å². The van der Waals surface area contributed by atoms with E-state index in [-0.39, 0.29) is 17.9 Å². The summed E-state index contributed by atoms with van der Waals surface area (Å²) in [6.07, 6.45) is 8.20. The van der Waals surface area contributed by atoms with E-state index in [0.29, 0.717) is 11.5 Å². The summed E-state index contributed by atoms with van der Waals surface area (Å²) >= 11 is 1.70. The number of carbonyl (C=O) groups excluding carboxylic acids is 2.